The molecule has 16 heteroatoms. The summed E-state index contributed by atoms with van der Waals surface area (Å²) in [5, 5.41) is -0.730. The molecule has 0 saturated carbocycles. The van der Waals surface area contributed by atoms with Crippen LogP contribution < -0.4 is 10.9 Å². The van der Waals surface area contributed by atoms with Gasteiger partial charge in [0.15, 0.2) is 0 Å². The van der Waals surface area contributed by atoms with Crippen LogP contribution in [0.25, 0.3) is 5.83 Å². The number of alkyl halides is 9. The number of carbonyl (C=O) groups excluding carboxylic acids is 1. The Morgan fingerprint density at radius 1 is 0.897 bits per heavy atom. The van der Waals surface area contributed by atoms with Gasteiger partial charge in [-0.1, -0.05) is 17.7 Å². The van der Waals surface area contributed by atoms with Gasteiger partial charge in [0.1, 0.15) is 11.7 Å². The maximum absolute atomic E-state index is 14.9. The number of benzene rings is 2. The van der Waals surface area contributed by atoms with Gasteiger partial charge in [-0.3, -0.25) is 15.6 Å². The Morgan fingerprint density at radius 3 is 2.10 bits per heavy atom. The minimum Gasteiger partial charge on any atom is -0.267 e. The highest BCUT2D eigenvalue weighted by Crippen LogP contribution is 2.42. The number of amides is 1. The second kappa shape index (κ2) is 11.1. The third-order valence-electron chi connectivity index (χ3n) is 4.97. The van der Waals surface area contributed by atoms with Crippen LogP contribution in [0.15, 0.2) is 60.9 Å². The van der Waals surface area contributed by atoms with Crippen molar-refractivity contribution in [1.82, 2.24) is 15.4 Å². The topological polar surface area (TPSA) is 66.9 Å². The van der Waals surface area contributed by atoms with Crippen LogP contribution in [0.2, 0.25) is 5.02 Å². The molecule has 1 amide bonds. The van der Waals surface area contributed by atoms with Gasteiger partial charge in [0.2, 0.25) is 5.95 Å². The molecule has 0 aliphatic heterocycles. The Bertz CT molecular complexity index is 1370. The number of halogens is 11. The molecule has 0 fully saturated rings. The van der Waals surface area contributed by atoms with Gasteiger partial charge in [-0.25, -0.2) is 14.4 Å². The average Bonchev–Trinajstić information content (AvgIpc) is 2.83. The van der Waals surface area contributed by atoms with Crippen LogP contribution in [-0.4, -0.2) is 22.1 Å². The first-order chi connectivity index (χ1) is 18.0. The van der Waals surface area contributed by atoms with E-state index in [0.29, 0.717) is 24.3 Å². The van der Waals surface area contributed by atoms with Gasteiger partial charge < -0.3 is 0 Å². The summed E-state index contributed by atoms with van der Waals surface area (Å²) in [5.41, 5.74) is -2.35. The lowest BCUT2D eigenvalue weighted by Gasteiger charge is -2.20. The number of hydrazine groups is 1. The molecule has 0 aliphatic rings. The molecule has 1 atom stereocenters. The van der Waals surface area contributed by atoms with Crippen LogP contribution in [0.1, 0.15) is 38.5 Å². The van der Waals surface area contributed by atoms with Gasteiger partial charge in [-0.05, 0) is 48.0 Å². The smallest absolute Gasteiger partial charge is 0.267 e. The maximum Gasteiger partial charge on any atom is 0.417 e. The Labute approximate surface area is 217 Å². The van der Waals surface area contributed by atoms with Gasteiger partial charge in [-0.2, -0.15) is 39.5 Å². The minimum absolute atomic E-state index is 0.0896. The monoisotopic (exact) mass is 586 g/mol. The Kier molecular flexibility index (Phi) is 8.43. The molecule has 208 valence electrons. The summed E-state index contributed by atoms with van der Waals surface area (Å²) in [6.07, 6.45) is -13.4. The number of nitrogens with one attached hydrogen (secondary N) is 2. The first kappa shape index (κ1) is 29.7. The Balaban J connectivity index is 2.01. The van der Waals surface area contributed by atoms with Crippen molar-refractivity contribution in [3.8, 4) is 0 Å². The van der Waals surface area contributed by atoms with Crippen molar-refractivity contribution in [3.63, 3.8) is 0 Å². The summed E-state index contributed by atoms with van der Waals surface area (Å²) in [7, 11) is 0. The minimum atomic E-state index is -5.36. The van der Waals surface area contributed by atoms with E-state index in [1.54, 1.807) is 0 Å². The van der Waals surface area contributed by atoms with Crippen LogP contribution in [0.5, 0.6) is 0 Å². The molecule has 3 rings (SSSR count). The molecule has 1 heterocycles. The van der Waals surface area contributed by atoms with Crippen LogP contribution in [0.3, 0.4) is 0 Å². The number of allylic oxidation sites excluding steroid dienone is 1. The number of hydrogen-bond acceptors (Lipinski definition) is 4. The van der Waals surface area contributed by atoms with Crippen LogP contribution in [-0.2, 0) is 12.4 Å². The van der Waals surface area contributed by atoms with Crippen LogP contribution in [0, 0.1) is 0 Å². The van der Waals surface area contributed by atoms with E-state index < -0.39 is 69.0 Å². The standard InChI is InChI=1S/C23H13ClF10N4O/c24-14-7-12(6-13(9-14)21(26,27)28)16(22(29,30)31)10-18(25)11-2-3-15(17(8-11)23(32,33)34)19(39)37-38-20-35-4-1-5-36-20/h1-10,16H,(H,37,39)(H,35,36,38)/b18-10-. The number of hydrogen-bond donors (Lipinski definition) is 2. The van der Waals surface area contributed by atoms with E-state index >= 15 is 0 Å². The first-order valence-corrected chi connectivity index (χ1v) is 10.7. The van der Waals surface area contributed by atoms with Crippen LogP contribution in [0.4, 0.5) is 49.9 Å². The summed E-state index contributed by atoms with van der Waals surface area (Å²) in [6.45, 7) is 0. The number of nitrogens with zero attached hydrogens (tertiary/aromatic N) is 2. The molecule has 2 N–H and O–H groups in total. The molecule has 1 unspecified atom stereocenters. The highest BCUT2D eigenvalue weighted by atomic mass is 35.5. The second-order valence-electron chi connectivity index (χ2n) is 7.71. The summed E-state index contributed by atoms with van der Waals surface area (Å²) >= 11 is 5.53. The maximum atomic E-state index is 14.9. The number of anilines is 1. The molecule has 0 aliphatic carbocycles. The van der Waals surface area contributed by atoms with Crippen LogP contribution >= 0.6 is 11.6 Å². The molecule has 2 aromatic carbocycles. The van der Waals surface area contributed by atoms with E-state index in [0.717, 1.165) is 0 Å². The highest BCUT2D eigenvalue weighted by molar-refractivity contribution is 6.30. The number of rotatable bonds is 6. The first-order valence-electron chi connectivity index (χ1n) is 10.3. The average molecular weight is 587 g/mol. The number of aromatic nitrogens is 2. The van der Waals surface area contributed by atoms with Crippen molar-refractivity contribution in [2.24, 2.45) is 0 Å². The van der Waals surface area contributed by atoms with Gasteiger partial charge in [0.05, 0.1) is 16.7 Å². The second-order valence-corrected chi connectivity index (χ2v) is 8.15. The molecule has 0 spiro atoms. The molecule has 0 bridgehead atoms. The van der Waals surface area contributed by atoms with E-state index in [9.17, 15) is 48.7 Å². The van der Waals surface area contributed by atoms with Crippen molar-refractivity contribution in [3.05, 3.63) is 93.8 Å². The van der Waals surface area contributed by atoms with Gasteiger partial charge >= 0.3 is 18.5 Å². The highest BCUT2D eigenvalue weighted by Gasteiger charge is 2.42. The van der Waals surface area contributed by atoms with E-state index in [4.69, 9.17) is 11.6 Å². The zero-order valence-corrected chi connectivity index (χ0v) is 19.6. The molecule has 5 nitrogen and oxygen atoms in total. The largest absolute Gasteiger partial charge is 0.417 e. The lowest BCUT2D eigenvalue weighted by molar-refractivity contribution is -0.142. The lowest BCUT2D eigenvalue weighted by Crippen LogP contribution is -2.32. The van der Waals surface area contributed by atoms with E-state index in [2.05, 4.69) is 15.4 Å². The summed E-state index contributed by atoms with van der Waals surface area (Å²) < 4.78 is 136. The number of carbonyl (C=O) groups is 1. The quantitative estimate of drug-likeness (QED) is 0.231. The van der Waals surface area contributed by atoms with Crippen molar-refractivity contribution < 1.29 is 48.7 Å². The fourth-order valence-electron chi connectivity index (χ4n) is 3.25. The molecule has 1 aromatic heterocycles. The predicted molar refractivity (Wildman–Crippen MR) is 119 cm³/mol. The molecular weight excluding hydrogens is 574 g/mol. The zero-order valence-electron chi connectivity index (χ0n) is 18.8. The summed E-state index contributed by atoms with van der Waals surface area (Å²) in [6, 6.07) is 3.60. The lowest BCUT2D eigenvalue weighted by atomic mass is 9.94. The van der Waals surface area contributed by atoms with Crippen molar-refractivity contribution >= 4 is 29.3 Å². The molecule has 0 radical (unpaired) electrons. The van der Waals surface area contributed by atoms with Gasteiger partial charge in [-0.15, -0.1) is 0 Å². The van der Waals surface area contributed by atoms with Gasteiger partial charge in [0, 0.05) is 23.0 Å². The molecule has 39 heavy (non-hydrogen) atoms. The Morgan fingerprint density at radius 2 is 1.54 bits per heavy atom. The van der Waals surface area contributed by atoms with E-state index in [-0.39, 0.29) is 24.2 Å². The van der Waals surface area contributed by atoms with Crippen molar-refractivity contribution in [2.75, 3.05) is 5.43 Å². The van der Waals surface area contributed by atoms with Crippen molar-refractivity contribution in [1.29, 1.82) is 0 Å². The van der Waals surface area contributed by atoms with E-state index in [1.165, 1.54) is 18.5 Å². The third kappa shape index (κ3) is 7.59. The normalized spacial score (nSPS) is 13.7. The van der Waals surface area contributed by atoms with E-state index in [1.807, 2.05) is 5.43 Å². The molecule has 3 aromatic rings. The third-order valence-corrected chi connectivity index (χ3v) is 5.19. The predicted octanol–water partition coefficient (Wildman–Crippen LogP) is 7.58. The summed E-state index contributed by atoms with van der Waals surface area (Å²) in [4.78, 5) is 19.7. The molecule has 0 saturated heterocycles. The fraction of sp³-hybridized carbons (Fsp3) is 0.174. The Hall–Kier alpha value is -3.88. The summed E-state index contributed by atoms with van der Waals surface area (Å²) in [5.74, 6) is -6.40. The van der Waals surface area contributed by atoms with Gasteiger partial charge in [0.25, 0.3) is 5.91 Å². The van der Waals surface area contributed by atoms with Crippen molar-refractivity contribution in [2.45, 2.75) is 24.4 Å². The fourth-order valence-corrected chi connectivity index (χ4v) is 3.49. The SMILES string of the molecule is O=C(NNc1ncccn1)c1ccc(/C(F)=C/C(c2cc(Cl)cc(C(F)(F)F)c2)C(F)(F)F)cc1C(F)(F)F. The molecular formula is C23H13ClF10N4O. The zero-order chi connectivity index (χ0) is 29.2.